The molecule has 2 N–H and O–H groups in total. The lowest BCUT2D eigenvalue weighted by Crippen LogP contribution is -2.29. The fraction of sp³-hybridized carbons (Fsp3) is 0.333. The summed E-state index contributed by atoms with van der Waals surface area (Å²) in [4.78, 5) is 8.39. The molecule has 0 fully saturated rings. The highest BCUT2D eigenvalue weighted by atomic mass is 35.5. The van der Waals surface area contributed by atoms with Crippen LogP contribution in [0.2, 0.25) is 5.02 Å². The molecule has 1 atom stereocenters. The molecule has 2 aromatic rings. The Kier molecular flexibility index (Phi) is 5.09. The predicted octanol–water partition coefficient (Wildman–Crippen LogP) is 3.36. The van der Waals surface area contributed by atoms with Gasteiger partial charge >= 0.3 is 0 Å². The Morgan fingerprint density at radius 1 is 1.33 bits per heavy atom. The molecule has 0 aliphatic heterocycles. The number of hydrogen-bond acceptors (Lipinski definition) is 4. The smallest absolute Gasteiger partial charge is 0.145 e. The Labute approximate surface area is 128 Å². The number of aliphatic hydroxyl groups is 1. The number of nitrogens with one attached hydrogen (secondary N) is 1. The first-order chi connectivity index (χ1) is 10.0. The van der Waals surface area contributed by atoms with Crippen molar-refractivity contribution in [2.45, 2.75) is 19.9 Å². The molecule has 0 bridgehead atoms. The monoisotopic (exact) mass is 309 g/mol. The van der Waals surface area contributed by atoms with Gasteiger partial charge in [0.2, 0.25) is 0 Å². The van der Waals surface area contributed by atoms with Gasteiger partial charge in [-0.05, 0) is 24.1 Å². The Bertz CT molecular complexity index is 622. The molecular formula is C15H17ClFN3O. The minimum atomic E-state index is -0.409. The first-order valence-electron chi connectivity index (χ1n) is 6.66. The Balaban J connectivity index is 2.31. The maximum atomic E-state index is 13.9. The summed E-state index contributed by atoms with van der Waals surface area (Å²) < 4.78 is 13.9. The van der Waals surface area contributed by atoms with Gasteiger partial charge in [0.15, 0.2) is 0 Å². The summed E-state index contributed by atoms with van der Waals surface area (Å²) in [6.07, 6.45) is 3.01. The molecule has 1 aromatic heterocycles. The third-order valence-electron chi connectivity index (χ3n) is 3.17. The van der Waals surface area contributed by atoms with Gasteiger partial charge in [-0.15, -0.1) is 0 Å². The summed E-state index contributed by atoms with van der Waals surface area (Å²) in [7, 11) is 0. The topological polar surface area (TPSA) is 58.0 Å². The molecule has 0 saturated heterocycles. The van der Waals surface area contributed by atoms with Gasteiger partial charge in [-0.3, -0.25) is 4.98 Å². The molecule has 0 aliphatic carbocycles. The number of halogens is 2. The molecule has 0 radical (unpaired) electrons. The number of aliphatic hydroxyl groups excluding tert-OH is 1. The van der Waals surface area contributed by atoms with Gasteiger partial charge < -0.3 is 10.4 Å². The van der Waals surface area contributed by atoms with Gasteiger partial charge in [0, 0.05) is 10.6 Å². The van der Waals surface area contributed by atoms with Crippen LogP contribution in [0.3, 0.4) is 0 Å². The molecule has 6 heteroatoms. The summed E-state index contributed by atoms with van der Waals surface area (Å²) in [6, 6.07) is 4.15. The lowest BCUT2D eigenvalue weighted by Gasteiger charge is -2.20. The van der Waals surface area contributed by atoms with Gasteiger partial charge in [-0.25, -0.2) is 9.37 Å². The maximum absolute atomic E-state index is 13.9. The third kappa shape index (κ3) is 3.89. The van der Waals surface area contributed by atoms with Crippen LogP contribution in [0.25, 0.3) is 11.3 Å². The van der Waals surface area contributed by atoms with E-state index >= 15 is 0 Å². The van der Waals surface area contributed by atoms with E-state index in [1.807, 2.05) is 13.8 Å². The van der Waals surface area contributed by atoms with E-state index in [0.29, 0.717) is 22.1 Å². The van der Waals surface area contributed by atoms with Gasteiger partial charge in [0.25, 0.3) is 0 Å². The SMILES string of the molecule is CC(C)[C@H](CO)Nc1cncc(-c2cc(Cl)ccc2F)n1. The van der Waals surface area contributed by atoms with Crippen LogP contribution in [-0.4, -0.2) is 27.7 Å². The Hall–Kier alpha value is -1.72. The van der Waals surface area contributed by atoms with Crippen molar-refractivity contribution < 1.29 is 9.50 Å². The number of nitrogens with zero attached hydrogens (tertiary/aromatic N) is 2. The highest BCUT2D eigenvalue weighted by molar-refractivity contribution is 6.30. The summed E-state index contributed by atoms with van der Waals surface area (Å²) in [5.41, 5.74) is 0.684. The van der Waals surface area contributed by atoms with Crippen molar-refractivity contribution in [3.05, 3.63) is 41.4 Å². The molecule has 0 unspecified atom stereocenters. The molecule has 2 rings (SSSR count). The summed E-state index contributed by atoms with van der Waals surface area (Å²) in [5, 5.41) is 12.9. The van der Waals surface area contributed by atoms with Crippen molar-refractivity contribution in [2.75, 3.05) is 11.9 Å². The van der Waals surface area contributed by atoms with Crippen molar-refractivity contribution >= 4 is 17.4 Å². The molecule has 0 saturated carbocycles. The van der Waals surface area contributed by atoms with Gasteiger partial charge in [0.05, 0.1) is 30.7 Å². The normalized spacial score (nSPS) is 12.5. The molecule has 4 nitrogen and oxygen atoms in total. The van der Waals surface area contributed by atoms with E-state index in [9.17, 15) is 9.50 Å². The largest absolute Gasteiger partial charge is 0.394 e. The number of benzene rings is 1. The predicted molar refractivity (Wildman–Crippen MR) is 81.8 cm³/mol. The van der Waals surface area contributed by atoms with Crippen LogP contribution < -0.4 is 5.32 Å². The average Bonchev–Trinajstić information content (AvgIpc) is 2.47. The van der Waals surface area contributed by atoms with Crippen LogP contribution in [0.1, 0.15) is 13.8 Å². The summed E-state index contributed by atoms with van der Waals surface area (Å²) in [6.45, 7) is 3.96. The zero-order valence-corrected chi connectivity index (χ0v) is 12.6. The van der Waals surface area contributed by atoms with E-state index in [4.69, 9.17) is 11.6 Å². The number of hydrogen-bond donors (Lipinski definition) is 2. The molecule has 0 spiro atoms. The lowest BCUT2D eigenvalue weighted by atomic mass is 10.1. The fourth-order valence-electron chi connectivity index (χ4n) is 1.87. The minimum Gasteiger partial charge on any atom is -0.394 e. The number of anilines is 1. The Morgan fingerprint density at radius 2 is 2.10 bits per heavy atom. The van der Waals surface area contributed by atoms with Gasteiger partial charge in [0.1, 0.15) is 11.6 Å². The van der Waals surface area contributed by atoms with Crippen molar-refractivity contribution in [2.24, 2.45) is 5.92 Å². The van der Waals surface area contributed by atoms with Gasteiger partial charge in [-0.2, -0.15) is 0 Å². The van der Waals surface area contributed by atoms with Crippen LogP contribution in [0.5, 0.6) is 0 Å². The quantitative estimate of drug-likeness (QED) is 0.889. The van der Waals surface area contributed by atoms with Crippen molar-refractivity contribution in [1.82, 2.24) is 9.97 Å². The van der Waals surface area contributed by atoms with Crippen LogP contribution in [0.4, 0.5) is 10.2 Å². The van der Waals surface area contributed by atoms with Crippen LogP contribution in [0.15, 0.2) is 30.6 Å². The zero-order valence-electron chi connectivity index (χ0n) is 11.8. The molecule has 1 aromatic carbocycles. The Morgan fingerprint density at radius 3 is 2.76 bits per heavy atom. The summed E-state index contributed by atoms with van der Waals surface area (Å²) in [5.74, 6) is 0.302. The molecule has 1 heterocycles. The fourth-order valence-corrected chi connectivity index (χ4v) is 2.04. The van der Waals surface area contributed by atoms with E-state index in [1.165, 1.54) is 30.6 Å². The highest BCUT2D eigenvalue weighted by Crippen LogP contribution is 2.25. The second-order valence-electron chi connectivity index (χ2n) is 5.09. The second-order valence-corrected chi connectivity index (χ2v) is 5.53. The van der Waals surface area contributed by atoms with Crippen molar-refractivity contribution in [3.8, 4) is 11.3 Å². The van der Waals surface area contributed by atoms with E-state index in [-0.39, 0.29) is 18.6 Å². The lowest BCUT2D eigenvalue weighted by molar-refractivity contribution is 0.249. The minimum absolute atomic E-state index is 0.0187. The molecule has 0 amide bonds. The van der Waals surface area contributed by atoms with Crippen LogP contribution in [0, 0.1) is 11.7 Å². The van der Waals surface area contributed by atoms with Crippen molar-refractivity contribution in [1.29, 1.82) is 0 Å². The van der Waals surface area contributed by atoms with E-state index in [0.717, 1.165) is 0 Å². The number of rotatable bonds is 5. The molecule has 21 heavy (non-hydrogen) atoms. The summed E-state index contributed by atoms with van der Waals surface area (Å²) >= 11 is 5.89. The highest BCUT2D eigenvalue weighted by Gasteiger charge is 2.14. The molecular weight excluding hydrogens is 293 g/mol. The van der Waals surface area contributed by atoms with E-state index < -0.39 is 5.82 Å². The number of aromatic nitrogens is 2. The van der Waals surface area contributed by atoms with Gasteiger partial charge in [-0.1, -0.05) is 25.4 Å². The first-order valence-corrected chi connectivity index (χ1v) is 7.04. The molecule has 112 valence electrons. The first kappa shape index (κ1) is 15.7. The zero-order chi connectivity index (χ0) is 15.4. The van der Waals surface area contributed by atoms with E-state index in [2.05, 4.69) is 15.3 Å². The molecule has 0 aliphatic rings. The average molecular weight is 310 g/mol. The van der Waals surface area contributed by atoms with Crippen LogP contribution in [-0.2, 0) is 0 Å². The van der Waals surface area contributed by atoms with Crippen molar-refractivity contribution in [3.63, 3.8) is 0 Å². The second kappa shape index (κ2) is 6.83. The standard InChI is InChI=1S/C15H17ClFN3O/c1-9(2)14(8-21)20-15-7-18-6-13(19-15)11-5-10(16)3-4-12(11)17/h3-7,9,14,21H,8H2,1-2H3,(H,19,20)/t14-/m0/s1. The van der Waals surface area contributed by atoms with Crippen LogP contribution >= 0.6 is 11.6 Å². The van der Waals surface area contributed by atoms with E-state index in [1.54, 1.807) is 0 Å². The third-order valence-corrected chi connectivity index (χ3v) is 3.41. The maximum Gasteiger partial charge on any atom is 0.145 e.